The molecule has 5 nitrogen and oxygen atoms in total. The number of hydrogen-bond acceptors (Lipinski definition) is 3. The molecule has 1 aliphatic carbocycles. The van der Waals surface area contributed by atoms with Crippen LogP contribution in [0.4, 0.5) is 0 Å². The average molecular weight is 306 g/mol. The summed E-state index contributed by atoms with van der Waals surface area (Å²) in [5, 5.41) is 3.14. The van der Waals surface area contributed by atoms with Gasteiger partial charge in [0.2, 0.25) is 0 Å². The number of nitrogens with one attached hydrogen (secondary N) is 2. The fraction of sp³-hybridized carbons (Fsp3) is 0.647. The molecule has 0 radical (unpaired) electrons. The molecule has 0 aromatic carbocycles. The molecule has 1 amide bonds. The number of H-pyrrole nitrogens is 1. The van der Waals surface area contributed by atoms with Gasteiger partial charge in [-0.15, -0.1) is 0 Å². The SMILES string of the molecule is CCOC(=O)c1[nH]c(C)c(C(=O)N[C@@H]2CCCC[C@H]2C)c1C. The van der Waals surface area contributed by atoms with Crippen LogP contribution in [0.3, 0.4) is 0 Å². The van der Waals surface area contributed by atoms with Crippen LogP contribution in [-0.2, 0) is 4.74 Å². The van der Waals surface area contributed by atoms with Gasteiger partial charge in [0.1, 0.15) is 5.69 Å². The highest BCUT2D eigenvalue weighted by Gasteiger charge is 2.27. The minimum atomic E-state index is -0.409. The third-order valence-electron chi connectivity index (χ3n) is 4.57. The first-order valence-corrected chi connectivity index (χ1v) is 8.12. The molecule has 1 aliphatic rings. The third kappa shape index (κ3) is 3.34. The number of rotatable bonds is 4. The van der Waals surface area contributed by atoms with Crippen molar-refractivity contribution in [3.63, 3.8) is 0 Å². The highest BCUT2D eigenvalue weighted by molar-refractivity contribution is 6.01. The van der Waals surface area contributed by atoms with Gasteiger partial charge in [0.05, 0.1) is 12.2 Å². The van der Waals surface area contributed by atoms with Gasteiger partial charge in [-0.3, -0.25) is 4.79 Å². The zero-order valence-corrected chi connectivity index (χ0v) is 13.9. The molecule has 2 N–H and O–H groups in total. The minimum Gasteiger partial charge on any atom is -0.461 e. The number of ether oxygens (including phenoxy) is 1. The van der Waals surface area contributed by atoms with Crippen molar-refractivity contribution < 1.29 is 14.3 Å². The average Bonchev–Trinajstić information content (AvgIpc) is 2.77. The molecule has 0 spiro atoms. The highest BCUT2D eigenvalue weighted by Crippen LogP contribution is 2.25. The van der Waals surface area contributed by atoms with Crippen LogP contribution in [0.2, 0.25) is 0 Å². The van der Waals surface area contributed by atoms with E-state index in [1.54, 1.807) is 13.8 Å². The van der Waals surface area contributed by atoms with Crippen LogP contribution >= 0.6 is 0 Å². The van der Waals surface area contributed by atoms with E-state index in [1.807, 2.05) is 6.92 Å². The van der Waals surface area contributed by atoms with Crippen molar-refractivity contribution in [2.24, 2.45) is 5.92 Å². The van der Waals surface area contributed by atoms with Crippen molar-refractivity contribution >= 4 is 11.9 Å². The Balaban J connectivity index is 2.17. The normalized spacial score (nSPS) is 21.5. The van der Waals surface area contributed by atoms with Gasteiger partial charge in [-0.05, 0) is 45.1 Å². The lowest BCUT2D eigenvalue weighted by molar-refractivity contribution is 0.0519. The van der Waals surface area contributed by atoms with Crippen molar-refractivity contribution in [1.29, 1.82) is 0 Å². The summed E-state index contributed by atoms with van der Waals surface area (Å²) in [6, 6.07) is 0.223. The lowest BCUT2D eigenvalue weighted by Crippen LogP contribution is -2.41. The number of aromatic nitrogens is 1. The Bertz CT molecular complexity index is 562. The van der Waals surface area contributed by atoms with Crippen LogP contribution in [0.25, 0.3) is 0 Å². The van der Waals surface area contributed by atoms with Crippen molar-refractivity contribution in [2.45, 2.75) is 59.4 Å². The maximum atomic E-state index is 12.6. The molecule has 1 aromatic heterocycles. The standard InChI is InChI=1S/C17H26N2O3/c1-5-22-17(21)15-11(3)14(12(4)18-15)16(20)19-13-9-7-6-8-10(13)2/h10,13,18H,5-9H2,1-4H3,(H,19,20)/t10-,13-/m1/s1. The number of aryl methyl sites for hydroxylation is 1. The van der Waals surface area contributed by atoms with E-state index in [4.69, 9.17) is 4.74 Å². The van der Waals surface area contributed by atoms with Gasteiger partial charge in [0.25, 0.3) is 5.91 Å². The summed E-state index contributed by atoms with van der Waals surface area (Å²) < 4.78 is 5.02. The first-order valence-electron chi connectivity index (χ1n) is 8.12. The second-order valence-corrected chi connectivity index (χ2v) is 6.19. The van der Waals surface area contributed by atoms with Crippen LogP contribution in [-0.4, -0.2) is 29.5 Å². The van der Waals surface area contributed by atoms with Crippen molar-refractivity contribution in [3.8, 4) is 0 Å². The van der Waals surface area contributed by atoms with Crippen molar-refractivity contribution in [3.05, 3.63) is 22.5 Å². The summed E-state index contributed by atoms with van der Waals surface area (Å²) >= 11 is 0. The van der Waals surface area contributed by atoms with E-state index in [2.05, 4.69) is 17.2 Å². The van der Waals surface area contributed by atoms with E-state index in [0.29, 0.717) is 35.0 Å². The molecular weight excluding hydrogens is 280 g/mol. The van der Waals surface area contributed by atoms with Crippen LogP contribution in [0.15, 0.2) is 0 Å². The molecule has 1 fully saturated rings. The molecule has 5 heteroatoms. The van der Waals surface area contributed by atoms with Gasteiger partial charge >= 0.3 is 5.97 Å². The molecule has 1 aromatic rings. The zero-order chi connectivity index (χ0) is 16.3. The molecule has 0 saturated heterocycles. The fourth-order valence-electron chi connectivity index (χ4n) is 3.27. The maximum Gasteiger partial charge on any atom is 0.355 e. The van der Waals surface area contributed by atoms with Crippen molar-refractivity contribution in [1.82, 2.24) is 10.3 Å². The Kier molecular flexibility index (Phi) is 5.27. The van der Waals surface area contributed by atoms with E-state index in [1.165, 1.54) is 6.42 Å². The smallest absolute Gasteiger partial charge is 0.355 e. The first-order chi connectivity index (χ1) is 10.5. The Morgan fingerprint density at radius 2 is 1.95 bits per heavy atom. The summed E-state index contributed by atoms with van der Waals surface area (Å²) in [4.78, 5) is 27.5. The lowest BCUT2D eigenvalue weighted by Gasteiger charge is -2.29. The monoisotopic (exact) mass is 306 g/mol. The largest absolute Gasteiger partial charge is 0.461 e. The Morgan fingerprint density at radius 1 is 1.27 bits per heavy atom. The summed E-state index contributed by atoms with van der Waals surface area (Å²) in [7, 11) is 0. The van der Waals surface area contributed by atoms with Gasteiger partial charge < -0.3 is 15.0 Å². The number of esters is 1. The van der Waals surface area contributed by atoms with Gasteiger partial charge in [0, 0.05) is 11.7 Å². The topological polar surface area (TPSA) is 71.2 Å². The molecule has 0 aliphatic heterocycles. The second kappa shape index (κ2) is 6.99. The van der Waals surface area contributed by atoms with Crippen molar-refractivity contribution in [2.75, 3.05) is 6.61 Å². The number of carbonyl (C=O) groups is 2. The zero-order valence-electron chi connectivity index (χ0n) is 13.9. The first kappa shape index (κ1) is 16.6. The van der Waals surface area contributed by atoms with E-state index in [0.717, 1.165) is 19.3 Å². The Hall–Kier alpha value is -1.78. The maximum absolute atomic E-state index is 12.6. The molecule has 22 heavy (non-hydrogen) atoms. The van der Waals surface area contributed by atoms with E-state index < -0.39 is 5.97 Å². The van der Waals surface area contributed by atoms with Crippen LogP contribution in [0.1, 0.15) is 71.6 Å². The predicted octanol–water partition coefficient (Wildman–Crippen LogP) is 3.12. The highest BCUT2D eigenvalue weighted by atomic mass is 16.5. The quantitative estimate of drug-likeness (QED) is 0.840. The number of amides is 1. The minimum absolute atomic E-state index is 0.0967. The predicted molar refractivity (Wildman–Crippen MR) is 85.1 cm³/mol. The fourth-order valence-corrected chi connectivity index (χ4v) is 3.27. The number of carbonyl (C=O) groups excluding carboxylic acids is 2. The molecule has 1 heterocycles. The summed E-state index contributed by atoms with van der Waals surface area (Å²) in [6.45, 7) is 7.87. The molecule has 2 rings (SSSR count). The van der Waals surface area contributed by atoms with E-state index in [-0.39, 0.29) is 11.9 Å². The molecule has 0 bridgehead atoms. The number of hydrogen-bond donors (Lipinski definition) is 2. The van der Waals surface area contributed by atoms with Gasteiger partial charge in [0.15, 0.2) is 0 Å². The summed E-state index contributed by atoms with van der Waals surface area (Å²) in [5.74, 6) is -0.00415. The lowest BCUT2D eigenvalue weighted by atomic mass is 9.86. The van der Waals surface area contributed by atoms with Gasteiger partial charge in [-0.25, -0.2) is 4.79 Å². The summed E-state index contributed by atoms with van der Waals surface area (Å²) in [6.07, 6.45) is 4.58. The molecular formula is C17H26N2O3. The third-order valence-corrected chi connectivity index (χ3v) is 4.57. The second-order valence-electron chi connectivity index (χ2n) is 6.19. The van der Waals surface area contributed by atoms with Gasteiger partial charge in [-0.1, -0.05) is 19.8 Å². The van der Waals surface area contributed by atoms with Crippen LogP contribution < -0.4 is 5.32 Å². The van der Waals surface area contributed by atoms with Crippen LogP contribution in [0.5, 0.6) is 0 Å². The molecule has 1 saturated carbocycles. The molecule has 122 valence electrons. The van der Waals surface area contributed by atoms with E-state index >= 15 is 0 Å². The van der Waals surface area contributed by atoms with Crippen LogP contribution in [0, 0.1) is 19.8 Å². The van der Waals surface area contributed by atoms with E-state index in [9.17, 15) is 9.59 Å². The van der Waals surface area contributed by atoms with Gasteiger partial charge in [-0.2, -0.15) is 0 Å². The molecule has 0 unspecified atom stereocenters. The summed E-state index contributed by atoms with van der Waals surface area (Å²) in [5.41, 5.74) is 2.32. The number of aromatic amines is 1. The Labute approximate surface area is 131 Å². The molecule has 2 atom stereocenters. The Morgan fingerprint density at radius 3 is 2.59 bits per heavy atom.